The van der Waals surface area contributed by atoms with Crippen molar-refractivity contribution >= 4 is 15.9 Å². The van der Waals surface area contributed by atoms with Gasteiger partial charge in [0.2, 0.25) is 21.8 Å². The third-order valence-electron chi connectivity index (χ3n) is 7.82. The van der Waals surface area contributed by atoms with Gasteiger partial charge in [0.15, 0.2) is 0 Å². The smallest absolute Gasteiger partial charge is 0.394 e. The molecule has 5 rings (SSSR count). The van der Waals surface area contributed by atoms with Gasteiger partial charge in [-0.1, -0.05) is 0 Å². The van der Waals surface area contributed by atoms with Crippen LogP contribution < -0.4 is 10.1 Å². The number of benzene rings is 1. The van der Waals surface area contributed by atoms with Crippen LogP contribution in [-0.4, -0.2) is 59.6 Å². The second kappa shape index (κ2) is 10.5. The molecule has 1 aromatic heterocycles. The molecule has 3 fully saturated rings. The van der Waals surface area contributed by atoms with Crippen molar-refractivity contribution < 1.29 is 39.9 Å². The predicted octanol–water partition coefficient (Wildman–Crippen LogP) is 4.41. The van der Waals surface area contributed by atoms with Crippen molar-refractivity contribution in [2.45, 2.75) is 87.2 Å². The first-order valence-corrected chi connectivity index (χ1v) is 14.5. The van der Waals surface area contributed by atoms with Crippen LogP contribution in [0.25, 0.3) is 0 Å². The molecular weight excluding hydrogens is 559 g/mol. The standard InChI is InChI=1S/C26H29F5N4O4S/c1-15-20(28)13-21(35(15)40(37,38)19-6-4-17(27)5-7-19)24(36)32-14-18-12-22(34-23(33-18)16-2-3-16)39-11-10-25(8-9-25)26(29,30)31/h4-7,12,15-16,20-21H,2-3,8-11,13-14H2,1H3,(H,32,36)/t15-,20+,21-/m0/s1. The van der Waals surface area contributed by atoms with Crippen LogP contribution in [0.5, 0.6) is 5.88 Å². The van der Waals surface area contributed by atoms with E-state index in [9.17, 15) is 35.2 Å². The number of nitrogens with zero attached hydrogens (tertiary/aromatic N) is 3. The number of hydrogen-bond acceptors (Lipinski definition) is 6. The molecule has 1 amide bonds. The van der Waals surface area contributed by atoms with Crippen molar-refractivity contribution in [2.24, 2.45) is 5.41 Å². The molecule has 3 atom stereocenters. The molecule has 2 aromatic rings. The Kier molecular flexibility index (Phi) is 7.53. The summed E-state index contributed by atoms with van der Waals surface area (Å²) in [5, 5.41) is 2.60. The molecule has 0 bridgehead atoms. The quantitative estimate of drug-likeness (QED) is 0.413. The van der Waals surface area contributed by atoms with E-state index in [2.05, 4.69) is 15.3 Å². The first-order chi connectivity index (χ1) is 18.8. The lowest BCUT2D eigenvalue weighted by Crippen LogP contribution is -2.48. The second-order valence-electron chi connectivity index (χ2n) is 10.7. The summed E-state index contributed by atoms with van der Waals surface area (Å²) in [5.74, 6) is -0.748. The van der Waals surface area contributed by atoms with E-state index in [1.54, 1.807) is 0 Å². The average Bonchev–Trinajstić information content (AvgIpc) is 3.81. The Labute approximate surface area is 228 Å². The van der Waals surface area contributed by atoms with Crippen LogP contribution in [0.15, 0.2) is 35.2 Å². The number of aromatic nitrogens is 2. The third kappa shape index (κ3) is 5.78. The van der Waals surface area contributed by atoms with Gasteiger partial charge in [0.25, 0.3) is 0 Å². The highest BCUT2D eigenvalue weighted by Gasteiger charge is 2.62. The molecule has 14 heteroatoms. The number of sulfonamides is 1. The van der Waals surface area contributed by atoms with E-state index in [4.69, 9.17) is 4.74 Å². The molecule has 8 nitrogen and oxygen atoms in total. The highest BCUT2D eigenvalue weighted by Crippen LogP contribution is 2.59. The number of halogens is 5. The van der Waals surface area contributed by atoms with Crippen LogP contribution in [0.1, 0.15) is 62.9 Å². The van der Waals surface area contributed by atoms with Crippen LogP contribution in [0.3, 0.4) is 0 Å². The van der Waals surface area contributed by atoms with Gasteiger partial charge in [0.1, 0.15) is 23.9 Å². The number of amides is 1. The fourth-order valence-corrected chi connectivity index (χ4v) is 6.76. The van der Waals surface area contributed by atoms with E-state index in [-0.39, 0.29) is 55.5 Å². The summed E-state index contributed by atoms with van der Waals surface area (Å²) in [7, 11) is -4.32. The van der Waals surface area contributed by atoms with Crippen molar-refractivity contribution in [3.8, 4) is 5.88 Å². The Morgan fingerprint density at radius 2 is 1.85 bits per heavy atom. The number of alkyl halides is 4. The molecule has 3 aliphatic rings. The Morgan fingerprint density at radius 1 is 1.18 bits per heavy atom. The van der Waals surface area contributed by atoms with Gasteiger partial charge >= 0.3 is 6.18 Å². The number of ether oxygens (including phenoxy) is 1. The Bertz CT molecular complexity index is 1360. The van der Waals surface area contributed by atoms with Gasteiger partial charge in [-0.05, 0) is 63.3 Å². The monoisotopic (exact) mass is 588 g/mol. The third-order valence-corrected chi connectivity index (χ3v) is 9.83. The molecule has 0 spiro atoms. The van der Waals surface area contributed by atoms with Crippen LogP contribution in [-0.2, 0) is 21.4 Å². The summed E-state index contributed by atoms with van der Waals surface area (Å²) in [5.41, 5.74) is -1.38. The van der Waals surface area contributed by atoms with Gasteiger partial charge in [-0.25, -0.2) is 22.2 Å². The summed E-state index contributed by atoms with van der Waals surface area (Å²) in [4.78, 5) is 21.6. The largest absolute Gasteiger partial charge is 0.478 e. The minimum absolute atomic E-state index is 0.0711. The number of hydrogen-bond donors (Lipinski definition) is 1. The number of carbonyl (C=O) groups excluding carboxylic acids is 1. The molecule has 1 saturated heterocycles. The molecule has 1 aromatic carbocycles. The molecule has 218 valence electrons. The number of carbonyl (C=O) groups is 1. The van der Waals surface area contributed by atoms with Crippen LogP contribution in [0, 0.1) is 11.2 Å². The zero-order valence-corrected chi connectivity index (χ0v) is 22.4. The van der Waals surface area contributed by atoms with Gasteiger partial charge in [-0.15, -0.1) is 0 Å². The van der Waals surface area contributed by atoms with Gasteiger partial charge < -0.3 is 10.1 Å². The lowest BCUT2D eigenvalue weighted by molar-refractivity contribution is -0.190. The highest BCUT2D eigenvalue weighted by molar-refractivity contribution is 7.89. The lowest BCUT2D eigenvalue weighted by Gasteiger charge is -2.26. The molecule has 2 aliphatic carbocycles. The van der Waals surface area contributed by atoms with Crippen molar-refractivity contribution in [3.63, 3.8) is 0 Å². The van der Waals surface area contributed by atoms with Gasteiger partial charge in [-0.2, -0.15) is 22.5 Å². The topological polar surface area (TPSA) is 101 Å². The first kappa shape index (κ1) is 28.7. The van der Waals surface area contributed by atoms with Crippen molar-refractivity contribution in [2.75, 3.05) is 6.61 Å². The fourth-order valence-electron chi connectivity index (χ4n) is 4.95. The van der Waals surface area contributed by atoms with E-state index in [0.29, 0.717) is 11.5 Å². The van der Waals surface area contributed by atoms with Crippen LogP contribution in [0.2, 0.25) is 0 Å². The van der Waals surface area contributed by atoms with E-state index in [0.717, 1.165) is 41.4 Å². The zero-order chi connectivity index (χ0) is 28.9. The van der Waals surface area contributed by atoms with Gasteiger partial charge in [0, 0.05) is 18.4 Å². The summed E-state index contributed by atoms with van der Waals surface area (Å²) < 4.78 is 101. The molecular formula is C26H29F5N4O4S. The van der Waals surface area contributed by atoms with E-state index in [1.807, 2.05) is 0 Å². The Hall–Kier alpha value is -2.87. The maximum atomic E-state index is 14.7. The molecule has 2 saturated carbocycles. The summed E-state index contributed by atoms with van der Waals surface area (Å²) >= 11 is 0. The van der Waals surface area contributed by atoms with E-state index in [1.165, 1.54) is 13.0 Å². The Balaban J connectivity index is 1.27. The second-order valence-corrected chi connectivity index (χ2v) is 12.6. The highest BCUT2D eigenvalue weighted by atomic mass is 32.2. The molecule has 1 N–H and O–H groups in total. The van der Waals surface area contributed by atoms with Crippen molar-refractivity contribution in [3.05, 3.63) is 47.7 Å². The SMILES string of the molecule is C[C@H]1[C@H](F)C[C@@H](C(=O)NCc2cc(OCCC3(C(F)(F)F)CC3)nc(C3CC3)n2)N1S(=O)(=O)c1ccc(F)cc1. The normalized spacial score (nSPS) is 24.6. The maximum absolute atomic E-state index is 14.7. The van der Waals surface area contributed by atoms with Gasteiger partial charge in [-0.3, -0.25) is 4.79 Å². The van der Waals surface area contributed by atoms with Gasteiger partial charge in [0.05, 0.1) is 35.2 Å². The summed E-state index contributed by atoms with van der Waals surface area (Å²) in [6, 6.07) is 2.99. The number of rotatable bonds is 10. The molecule has 1 aliphatic heterocycles. The summed E-state index contributed by atoms with van der Waals surface area (Å²) in [6.07, 6.45) is -4.60. The fraction of sp³-hybridized carbons (Fsp3) is 0.577. The van der Waals surface area contributed by atoms with Crippen molar-refractivity contribution in [1.29, 1.82) is 0 Å². The van der Waals surface area contributed by atoms with Crippen LogP contribution >= 0.6 is 0 Å². The minimum Gasteiger partial charge on any atom is -0.478 e. The van der Waals surface area contributed by atoms with Crippen LogP contribution in [0.4, 0.5) is 22.0 Å². The molecule has 40 heavy (non-hydrogen) atoms. The number of nitrogens with one attached hydrogen (secondary N) is 1. The lowest BCUT2D eigenvalue weighted by atomic mass is 10.0. The first-order valence-electron chi connectivity index (χ1n) is 13.1. The predicted molar refractivity (Wildman–Crippen MR) is 132 cm³/mol. The minimum atomic E-state index is -4.32. The average molecular weight is 589 g/mol. The maximum Gasteiger partial charge on any atom is 0.394 e. The molecule has 2 heterocycles. The Morgan fingerprint density at radius 3 is 2.45 bits per heavy atom. The molecule has 0 radical (unpaired) electrons. The zero-order valence-electron chi connectivity index (χ0n) is 21.6. The summed E-state index contributed by atoms with van der Waals surface area (Å²) in [6.45, 7) is 1.02. The van der Waals surface area contributed by atoms with E-state index >= 15 is 0 Å². The van der Waals surface area contributed by atoms with E-state index < -0.39 is 51.6 Å². The molecule has 0 unspecified atom stereocenters. The van der Waals surface area contributed by atoms with Crippen molar-refractivity contribution in [1.82, 2.24) is 19.6 Å².